The molecule has 0 aliphatic carbocycles. The first-order chi connectivity index (χ1) is 14.0. The highest BCUT2D eigenvalue weighted by Gasteiger charge is 2.29. The highest BCUT2D eigenvalue weighted by atomic mass is 32.2. The Hall–Kier alpha value is -3.00. The number of fused-ring (bicyclic) bond motifs is 1. The molecule has 2 amide bonds. The first kappa shape index (κ1) is 20.7. The molecule has 1 heterocycles. The molecule has 2 aromatic rings. The number of carbonyl (C=O) groups is 3. The van der Waals surface area contributed by atoms with Gasteiger partial charge < -0.3 is 20.1 Å². The number of carbonyl (C=O) groups excluding carboxylic acids is 3. The number of thioether (sulfide) groups is 1. The van der Waals surface area contributed by atoms with Crippen LogP contribution in [-0.2, 0) is 25.5 Å². The molecule has 7 nitrogen and oxygen atoms in total. The topological polar surface area (TPSA) is 93.7 Å². The second-order valence-corrected chi connectivity index (χ2v) is 7.65. The number of esters is 1. The largest absolute Gasteiger partial charge is 0.497 e. The van der Waals surface area contributed by atoms with Crippen molar-refractivity contribution >= 4 is 35.2 Å². The summed E-state index contributed by atoms with van der Waals surface area (Å²) >= 11 is 1.32. The summed E-state index contributed by atoms with van der Waals surface area (Å²) in [6, 6.07) is 15.0. The monoisotopic (exact) mass is 414 g/mol. The SMILES string of the molecule is COc1ccc(CCNC(=O)COC(=O)CC2Sc3ccccc3NC2=O)cc1. The van der Waals surface area contributed by atoms with Gasteiger partial charge in [0, 0.05) is 11.4 Å². The van der Waals surface area contributed by atoms with Gasteiger partial charge >= 0.3 is 5.97 Å². The fourth-order valence-corrected chi connectivity index (χ4v) is 3.87. The molecule has 0 saturated carbocycles. The van der Waals surface area contributed by atoms with E-state index in [9.17, 15) is 14.4 Å². The van der Waals surface area contributed by atoms with Crippen molar-refractivity contribution in [1.29, 1.82) is 0 Å². The van der Waals surface area contributed by atoms with Gasteiger partial charge in [-0.25, -0.2) is 0 Å². The molecule has 0 fully saturated rings. The van der Waals surface area contributed by atoms with Crippen LogP contribution in [0.5, 0.6) is 5.75 Å². The summed E-state index contributed by atoms with van der Waals surface area (Å²) in [4.78, 5) is 36.9. The van der Waals surface area contributed by atoms with Crippen molar-refractivity contribution < 1.29 is 23.9 Å². The molecular weight excluding hydrogens is 392 g/mol. The van der Waals surface area contributed by atoms with E-state index in [1.54, 1.807) is 7.11 Å². The van der Waals surface area contributed by atoms with E-state index >= 15 is 0 Å². The number of benzene rings is 2. The molecule has 2 aromatic carbocycles. The zero-order chi connectivity index (χ0) is 20.6. The van der Waals surface area contributed by atoms with Crippen molar-refractivity contribution in [3.8, 4) is 5.75 Å². The number of para-hydroxylation sites is 1. The lowest BCUT2D eigenvalue weighted by atomic mass is 10.1. The molecule has 3 rings (SSSR count). The van der Waals surface area contributed by atoms with Gasteiger partial charge in [0.05, 0.1) is 24.5 Å². The van der Waals surface area contributed by atoms with Crippen molar-refractivity contribution in [2.24, 2.45) is 0 Å². The summed E-state index contributed by atoms with van der Waals surface area (Å²) < 4.78 is 10.1. The van der Waals surface area contributed by atoms with Gasteiger partial charge in [-0.3, -0.25) is 14.4 Å². The summed E-state index contributed by atoms with van der Waals surface area (Å²) in [6.07, 6.45) is 0.561. The number of amides is 2. The molecule has 1 aliphatic rings. The lowest BCUT2D eigenvalue weighted by Crippen LogP contribution is -2.33. The van der Waals surface area contributed by atoms with Crippen LogP contribution < -0.4 is 15.4 Å². The van der Waals surface area contributed by atoms with Crippen LogP contribution in [0.1, 0.15) is 12.0 Å². The number of ether oxygens (including phenoxy) is 2. The van der Waals surface area contributed by atoms with Gasteiger partial charge in [-0.15, -0.1) is 11.8 Å². The van der Waals surface area contributed by atoms with Gasteiger partial charge in [0.15, 0.2) is 6.61 Å². The summed E-state index contributed by atoms with van der Waals surface area (Å²) in [5.41, 5.74) is 1.80. The van der Waals surface area contributed by atoms with Crippen LogP contribution in [0.2, 0.25) is 0 Å². The van der Waals surface area contributed by atoms with Gasteiger partial charge in [0.25, 0.3) is 5.91 Å². The van der Waals surface area contributed by atoms with Gasteiger partial charge in [-0.1, -0.05) is 24.3 Å². The smallest absolute Gasteiger partial charge is 0.307 e. The van der Waals surface area contributed by atoms with Gasteiger partial charge in [0.2, 0.25) is 5.91 Å². The summed E-state index contributed by atoms with van der Waals surface area (Å²) in [5, 5.41) is 4.91. The minimum atomic E-state index is -0.581. The number of rotatable bonds is 8. The van der Waals surface area contributed by atoms with Gasteiger partial charge in [-0.05, 0) is 36.2 Å². The second kappa shape index (κ2) is 9.97. The molecule has 0 spiro atoms. The normalized spacial score (nSPS) is 15.1. The fraction of sp³-hybridized carbons (Fsp3) is 0.286. The van der Waals surface area contributed by atoms with Gasteiger partial charge in [0.1, 0.15) is 5.75 Å². The highest BCUT2D eigenvalue weighted by molar-refractivity contribution is 8.01. The Bertz CT molecular complexity index is 885. The first-order valence-corrected chi connectivity index (χ1v) is 10.0. The zero-order valence-electron chi connectivity index (χ0n) is 16.0. The highest BCUT2D eigenvalue weighted by Crippen LogP contribution is 2.36. The van der Waals surface area contributed by atoms with Crippen molar-refractivity contribution in [3.05, 3.63) is 54.1 Å². The average molecular weight is 414 g/mol. The maximum Gasteiger partial charge on any atom is 0.307 e. The summed E-state index contributed by atoms with van der Waals surface area (Å²) in [7, 11) is 1.61. The van der Waals surface area contributed by atoms with Crippen LogP contribution in [0.4, 0.5) is 5.69 Å². The quantitative estimate of drug-likeness (QED) is 0.645. The van der Waals surface area contributed by atoms with Gasteiger partial charge in [-0.2, -0.15) is 0 Å². The van der Waals surface area contributed by atoms with Crippen molar-refractivity contribution in [1.82, 2.24) is 5.32 Å². The van der Waals surface area contributed by atoms with E-state index in [1.807, 2.05) is 48.5 Å². The molecule has 0 bridgehead atoms. The van der Waals surface area contributed by atoms with Crippen molar-refractivity contribution in [3.63, 3.8) is 0 Å². The van der Waals surface area contributed by atoms with Crippen LogP contribution in [-0.4, -0.2) is 43.3 Å². The third-order valence-corrected chi connectivity index (χ3v) is 5.59. The first-order valence-electron chi connectivity index (χ1n) is 9.17. The third-order valence-electron chi connectivity index (χ3n) is 4.32. The molecule has 2 N–H and O–H groups in total. The number of anilines is 1. The van der Waals surface area contributed by atoms with Crippen molar-refractivity contribution in [2.75, 3.05) is 25.6 Å². The summed E-state index contributed by atoms with van der Waals surface area (Å²) in [5.74, 6) is -0.423. The molecule has 1 atom stereocenters. The third kappa shape index (κ3) is 5.99. The predicted molar refractivity (Wildman–Crippen MR) is 110 cm³/mol. The Morgan fingerprint density at radius 1 is 1.14 bits per heavy atom. The predicted octanol–water partition coefficient (Wildman–Crippen LogP) is 2.40. The van der Waals surface area contributed by atoms with Crippen LogP contribution in [0, 0.1) is 0 Å². The van der Waals surface area contributed by atoms with E-state index in [0.717, 1.165) is 21.9 Å². The lowest BCUT2D eigenvalue weighted by Gasteiger charge is -2.23. The Morgan fingerprint density at radius 3 is 2.66 bits per heavy atom. The Balaban J connectivity index is 1.36. The van der Waals surface area contributed by atoms with E-state index in [2.05, 4.69) is 10.6 Å². The lowest BCUT2D eigenvalue weighted by molar-refractivity contribution is -0.149. The molecule has 152 valence electrons. The summed E-state index contributed by atoms with van der Waals surface area (Å²) in [6.45, 7) is 0.0669. The standard InChI is InChI=1S/C21H22N2O5S/c1-27-15-8-6-14(7-9-15)10-11-22-19(24)13-28-20(25)12-18-21(26)23-16-4-2-3-5-17(16)29-18/h2-9,18H,10-13H2,1H3,(H,22,24)(H,23,26). The Labute approximate surface area is 173 Å². The molecule has 1 unspecified atom stereocenters. The number of methoxy groups -OCH3 is 1. The molecule has 0 saturated heterocycles. The van der Waals surface area contributed by atoms with E-state index in [1.165, 1.54) is 11.8 Å². The van der Waals surface area contributed by atoms with E-state index in [-0.39, 0.29) is 24.8 Å². The molecule has 29 heavy (non-hydrogen) atoms. The average Bonchev–Trinajstić information content (AvgIpc) is 2.73. The van der Waals surface area contributed by atoms with E-state index < -0.39 is 11.2 Å². The van der Waals surface area contributed by atoms with Crippen LogP contribution >= 0.6 is 11.8 Å². The van der Waals surface area contributed by atoms with E-state index in [4.69, 9.17) is 9.47 Å². The molecule has 0 aromatic heterocycles. The number of hydrogen-bond acceptors (Lipinski definition) is 6. The van der Waals surface area contributed by atoms with Crippen LogP contribution in [0.3, 0.4) is 0 Å². The van der Waals surface area contributed by atoms with Crippen molar-refractivity contribution in [2.45, 2.75) is 23.0 Å². The maximum absolute atomic E-state index is 12.1. The Kier molecular flexibility index (Phi) is 7.13. The zero-order valence-corrected chi connectivity index (χ0v) is 16.8. The van der Waals surface area contributed by atoms with E-state index in [0.29, 0.717) is 13.0 Å². The van der Waals surface area contributed by atoms with Crippen LogP contribution in [0.15, 0.2) is 53.4 Å². The molecule has 0 radical (unpaired) electrons. The van der Waals surface area contributed by atoms with Crippen LogP contribution in [0.25, 0.3) is 0 Å². The number of hydrogen-bond donors (Lipinski definition) is 2. The maximum atomic E-state index is 12.1. The molecular formula is C21H22N2O5S. The molecule has 8 heteroatoms. The second-order valence-electron chi connectivity index (χ2n) is 6.40. The fourth-order valence-electron chi connectivity index (χ4n) is 2.77. The minimum Gasteiger partial charge on any atom is -0.497 e. The Morgan fingerprint density at radius 2 is 1.90 bits per heavy atom. The number of nitrogens with one attached hydrogen (secondary N) is 2. The molecule has 1 aliphatic heterocycles. The minimum absolute atomic E-state index is 0.0933.